The van der Waals surface area contributed by atoms with Crippen LogP contribution < -0.4 is 0 Å². The number of hydrogen-bond donors (Lipinski definition) is 0. The predicted molar refractivity (Wildman–Crippen MR) is 78.0 cm³/mol. The highest BCUT2D eigenvalue weighted by atomic mass is 35.5. The third-order valence-corrected chi connectivity index (χ3v) is 3.75. The van der Waals surface area contributed by atoms with Crippen molar-refractivity contribution in [1.82, 2.24) is 0 Å². The Morgan fingerprint density at radius 1 is 0.789 bits per heavy atom. The van der Waals surface area contributed by atoms with E-state index in [9.17, 15) is 4.39 Å². The molecule has 0 amide bonds. The summed E-state index contributed by atoms with van der Waals surface area (Å²) >= 11 is 6.54. The number of halogens is 2. The lowest BCUT2D eigenvalue weighted by Gasteiger charge is -2.13. The molecule has 0 radical (unpaired) electrons. The van der Waals surface area contributed by atoms with Crippen LogP contribution in [0.15, 0.2) is 66.7 Å². The molecule has 0 aliphatic rings. The first kappa shape index (κ1) is 12.2. The maximum absolute atomic E-state index is 13.0. The molecule has 0 aliphatic heterocycles. The van der Waals surface area contributed by atoms with Crippen LogP contribution >= 0.6 is 11.6 Å². The average Bonchev–Trinajstić information content (AvgIpc) is 2.47. The minimum atomic E-state index is -0.272. The van der Waals surface area contributed by atoms with E-state index in [1.807, 2.05) is 24.3 Å². The highest BCUT2D eigenvalue weighted by molar-refractivity contribution is 6.23. The third kappa shape index (κ3) is 2.34. The topological polar surface area (TPSA) is 0 Å². The number of hydrogen-bond acceptors (Lipinski definition) is 0. The molecule has 2 heteroatoms. The Balaban J connectivity index is 2.11. The molecule has 0 nitrogen and oxygen atoms in total. The molecule has 3 aromatic rings. The van der Waals surface area contributed by atoms with Crippen LogP contribution in [-0.4, -0.2) is 0 Å². The van der Waals surface area contributed by atoms with E-state index in [1.54, 1.807) is 12.1 Å². The summed E-state index contributed by atoms with van der Waals surface area (Å²) in [5.74, 6) is -0.245. The van der Waals surface area contributed by atoms with E-state index in [4.69, 9.17) is 11.6 Å². The van der Waals surface area contributed by atoms with Gasteiger partial charge < -0.3 is 0 Å². The highest BCUT2D eigenvalue weighted by Gasteiger charge is 2.13. The van der Waals surface area contributed by atoms with Crippen molar-refractivity contribution in [1.29, 1.82) is 0 Å². The molecule has 0 aliphatic carbocycles. The quantitative estimate of drug-likeness (QED) is 0.554. The fraction of sp³-hybridized carbons (Fsp3) is 0.0588. The summed E-state index contributed by atoms with van der Waals surface area (Å²) in [5, 5.41) is 2.02. The Hall–Kier alpha value is -1.86. The maximum Gasteiger partial charge on any atom is 0.123 e. The molecule has 0 saturated carbocycles. The SMILES string of the molecule is Fc1ccc(C(Cl)c2cccc3ccccc23)cc1. The average molecular weight is 271 g/mol. The van der Waals surface area contributed by atoms with E-state index in [-0.39, 0.29) is 11.2 Å². The first-order valence-electron chi connectivity index (χ1n) is 6.13. The molecule has 1 unspecified atom stereocenters. The van der Waals surface area contributed by atoms with E-state index in [2.05, 4.69) is 18.2 Å². The zero-order chi connectivity index (χ0) is 13.2. The molecule has 0 aromatic heterocycles. The van der Waals surface area contributed by atoms with Gasteiger partial charge in [0.2, 0.25) is 0 Å². The van der Waals surface area contributed by atoms with Crippen molar-refractivity contribution in [2.24, 2.45) is 0 Å². The molecular formula is C17H12ClF. The standard InChI is InChI=1S/C17H12ClF/c18-17(13-8-10-14(19)11-9-13)16-7-3-5-12-4-1-2-6-15(12)16/h1-11,17H. The molecule has 3 rings (SSSR count). The normalized spacial score (nSPS) is 12.5. The summed E-state index contributed by atoms with van der Waals surface area (Å²) in [7, 11) is 0. The maximum atomic E-state index is 13.0. The van der Waals surface area contributed by atoms with Crippen LogP contribution in [0.4, 0.5) is 4.39 Å². The number of alkyl halides is 1. The Morgan fingerprint density at radius 2 is 1.47 bits per heavy atom. The van der Waals surface area contributed by atoms with E-state index >= 15 is 0 Å². The van der Waals surface area contributed by atoms with E-state index in [0.29, 0.717) is 0 Å². The summed E-state index contributed by atoms with van der Waals surface area (Å²) in [6.45, 7) is 0. The summed E-state index contributed by atoms with van der Waals surface area (Å²) in [4.78, 5) is 0. The fourth-order valence-electron chi connectivity index (χ4n) is 2.28. The van der Waals surface area contributed by atoms with E-state index < -0.39 is 0 Å². The minimum absolute atomic E-state index is 0.245. The summed E-state index contributed by atoms with van der Waals surface area (Å²) in [6.07, 6.45) is 0. The van der Waals surface area contributed by atoms with Crippen LogP contribution in [0.2, 0.25) is 0 Å². The van der Waals surface area contributed by atoms with Crippen molar-refractivity contribution >= 4 is 22.4 Å². The zero-order valence-electron chi connectivity index (χ0n) is 10.2. The van der Waals surface area contributed by atoms with Crippen LogP contribution in [0.5, 0.6) is 0 Å². The fourth-order valence-corrected chi connectivity index (χ4v) is 2.62. The Kier molecular flexibility index (Phi) is 3.22. The van der Waals surface area contributed by atoms with Crippen molar-refractivity contribution in [2.75, 3.05) is 0 Å². The van der Waals surface area contributed by atoms with Gasteiger partial charge >= 0.3 is 0 Å². The number of fused-ring (bicyclic) bond motifs is 1. The van der Waals surface area contributed by atoms with Gasteiger partial charge in [-0.2, -0.15) is 0 Å². The van der Waals surface area contributed by atoms with Gasteiger partial charge in [0.25, 0.3) is 0 Å². The molecular weight excluding hydrogens is 259 g/mol. The predicted octanol–water partition coefficient (Wildman–Crippen LogP) is 5.31. The van der Waals surface area contributed by atoms with Crippen LogP contribution in [-0.2, 0) is 0 Å². The van der Waals surface area contributed by atoms with Crippen molar-refractivity contribution in [3.63, 3.8) is 0 Å². The van der Waals surface area contributed by atoms with E-state index in [1.165, 1.54) is 12.1 Å². The van der Waals surface area contributed by atoms with Gasteiger partial charge in [0, 0.05) is 0 Å². The lowest BCUT2D eigenvalue weighted by molar-refractivity contribution is 0.627. The zero-order valence-corrected chi connectivity index (χ0v) is 10.9. The van der Waals surface area contributed by atoms with Crippen LogP contribution in [0.1, 0.15) is 16.5 Å². The Morgan fingerprint density at radius 3 is 2.26 bits per heavy atom. The second kappa shape index (κ2) is 5.02. The summed E-state index contributed by atoms with van der Waals surface area (Å²) in [5.41, 5.74) is 1.95. The Labute approximate surface area is 116 Å². The molecule has 0 N–H and O–H groups in total. The van der Waals surface area contributed by atoms with Crippen LogP contribution in [0.25, 0.3) is 10.8 Å². The van der Waals surface area contributed by atoms with Crippen molar-refractivity contribution in [2.45, 2.75) is 5.38 Å². The van der Waals surface area contributed by atoms with Crippen molar-refractivity contribution in [3.8, 4) is 0 Å². The van der Waals surface area contributed by atoms with Crippen molar-refractivity contribution < 1.29 is 4.39 Å². The summed E-state index contributed by atoms with van der Waals surface area (Å²) in [6, 6.07) is 20.5. The largest absolute Gasteiger partial charge is 0.207 e. The lowest BCUT2D eigenvalue weighted by atomic mass is 9.98. The van der Waals surface area contributed by atoms with Gasteiger partial charge in [0.15, 0.2) is 0 Å². The molecule has 0 bridgehead atoms. The second-order valence-corrected chi connectivity index (χ2v) is 4.92. The smallest absolute Gasteiger partial charge is 0.123 e. The van der Waals surface area contributed by atoms with Gasteiger partial charge in [0.1, 0.15) is 5.82 Å². The van der Waals surface area contributed by atoms with Gasteiger partial charge in [0.05, 0.1) is 5.38 Å². The second-order valence-electron chi connectivity index (χ2n) is 4.48. The van der Waals surface area contributed by atoms with Crippen LogP contribution in [0.3, 0.4) is 0 Å². The van der Waals surface area contributed by atoms with Gasteiger partial charge in [-0.15, -0.1) is 11.6 Å². The lowest BCUT2D eigenvalue weighted by Crippen LogP contribution is -1.94. The number of rotatable bonds is 2. The number of benzene rings is 3. The monoisotopic (exact) mass is 270 g/mol. The highest BCUT2D eigenvalue weighted by Crippen LogP contribution is 2.33. The van der Waals surface area contributed by atoms with Gasteiger partial charge in [-0.1, -0.05) is 54.6 Å². The molecule has 0 heterocycles. The molecule has 0 fully saturated rings. The molecule has 19 heavy (non-hydrogen) atoms. The molecule has 0 spiro atoms. The molecule has 1 atom stereocenters. The molecule has 94 valence electrons. The van der Waals surface area contributed by atoms with E-state index in [0.717, 1.165) is 21.9 Å². The van der Waals surface area contributed by atoms with Gasteiger partial charge in [-0.3, -0.25) is 0 Å². The van der Waals surface area contributed by atoms with Crippen LogP contribution in [0, 0.1) is 5.82 Å². The van der Waals surface area contributed by atoms with Gasteiger partial charge in [-0.25, -0.2) is 4.39 Å². The first-order chi connectivity index (χ1) is 9.25. The van der Waals surface area contributed by atoms with Crippen molar-refractivity contribution in [3.05, 3.63) is 83.7 Å². The third-order valence-electron chi connectivity index (χ3n) is 3.26. The minimum Gasteiger partial charge on any atom is -0.207 e. The molecule has 3 aromatic carbocycles. The van der Waals surface area contributed by atoms with Gasteiger partial charge in [-0.05, 0) is 34.0 Å². The Bertz CT molecular complexity index is 699. The first-order valence-corrected chi connectivity index (χ1v) is 6.56. The molecule has 0 saturated heterocycles. The summed E-state index contributed by atoms with van der Waals surface area (Å²) < 4.78 is 13.0.